The summed E-state index contributed by atoms with van der Waals surface area (Å²) >= 11 is 0. The summed E-state index contributed by atoms with van der Waals surface area (Å²) in [7, 11) is 1.86. The first-order valence-corrected chi connectivity index (χ1v) is 9.68. The molecule has 2 aliphatic heterocycles. The maximum absolute atomic E-state index is 11.6. The predicted octanol–water partition coefficient (Wildman–Crippen LogP) is 3.03. The molecule has 0 N–H and O–H groups in total. The molecule has 2 atom stereocenters. The van der Waals surface area contributed by atoms with Crippen LogP contribution in [-0.4, -0.2) is 60.6 Å². The summed E-state index contributed by atoms with van der Waals surface area (Å²) in [5.41, 5.74) is 2.70. The SMILES string of the molecule is CO[C@H]1CCCN(C2CCN(C(C)=O)CC2)[C@H]1Cc1ccc(C)cc1. The number of piperidine rings is 2. The highest BCUT2D eigenvalue weighted by atomic mass is 16.5. The van der Waals surface area contributed by atoms with Gasteiger partial charge in [-0.05, 0) is 51.1 Å². The fraction of sp³-hybridized carbons (Fsp3) is 0.667. The van der Waals surface area contributed by atoms with Gasteiger partial charge >= 0.3 is 0 Å². The maximum Gasteiger partial charge on any atom is 0.219 e. The van der Waals surface area contributed by atoms with Gasteiger partial charge in [0.05, 0.1) is 6.10 Å². The minimum absolute atomic E-state index is 0.211. The molecule has 0 aliphatic carbocycles. The Bertz CT molecular complexity index is 564. The highest BCUT2D eigenvalue weighted by molar-refractivity contribution is 5.73. The van der Waals surface area contributed by atoms with Crippen LogP contribution in [0.2, 0.25) is 0 Å². The van der Waals surface area contributed by atoms with E-state index >= 15 is 0 Å². The second-order valence-corrected chi connectivity index (χ2v) is 7.65. The van der Waals surface area contributed by atoms with Gasteiger partial charge in [-0.1, -0.05) is 29.8 Å². The van der Waals surface area contributed by atoms with E-state index in [0.717, 1.165) is 45.3 Å². The van der Waals surface area contributed by atoms with Crippen molar-refractivity contribution < 1.29 is 9.53 Å². The monoisotopic (exact) mass is 344 g/mol. The van der Waals surface area contributed by atoms with Gasteiger partial charge in [0.2, 0.25) is 5.91 Å². The van der Waals surface area contributed by atoms with Crippen molar-refractivity contribution in [2.75, 3.05) is 26.7 Å². The Morgan fingerprint density at radius 1 is 1.12 bits per heavy atom. The van der Waals surface area contributed by atoms with Gasteiger partial charge in [-0.25, -0.2) is 0 Å². The molecular weight excluding hydrogens is 312 g/mol. The highest BCUT2D eigenvalue weighted by Crippen LogP contribution is 2.29. The lowest BCUT2D eigenvalue weighted by molar-refractivity contribution is -0.131. The maximum atomic E-state index is 11.6. The number of benzene rings is 1. The molecule has 0 spiro atoms. The van der Waals surface area contributed by atoms with Gasteiger partial charge in [0, 0.05) is 39.2 Å². The van der Waals surface area contributed by atoms with Crippen LogP contribution in [0.25, 0.3) is 0 Å². The summed E-state index contributed by atoms with van der Waals surface area (Å²) in [6, 6.07) is 9.94. The smallest absolute Gasteiger partial charge is 0.219 e. The van der Waals surface area contributed by atoms with Crippen LogP contribution in [0.15, 0.2) is 24.3 Å². The third-order valence-electron chi connectivity index (χ3n) is 6.01. The summed E-state index contributed by atoms with van der Waals surface area (Å²) in [5.74, 6) is 0.211. The van der Waals surface area contributed by atoms with Gasteiger partial charge in [0.25, 0.3) is 0 Å². The van der Waals surface area contributed by atoms with Gasteiger partial charge < -0.3 is 9.64 Å². The summed E-state index contributed by atoms with van der Waals surface area (Å²) < 4.78 is 5.87. The van der Waals surface area contributed by atoms with Crippen LogP contribution in [0.5, 0.6) is 0 Å². The van der Waals surface area contributed by atoms with Crippen molar-refractivity contribution in [1.29, 1.82) is 0 Å². The third kappa shape index (κ3) is 4.42. The molecule has 0 bridgehead atoms. The summed E-state index contributed by atoms with van der Waals surface area (Å²) in [6.45, 7) is 6.76. The number of amides is 1. The van der Waals surface area contributed by atoms with E-state index in [4.69, 9.17) is 4.74 Å². The average Bonchev–Trinajstić information content (AvgIpc) is 2.64. The highest BCUT2D eigenvalue weighted by Gasteiger charge is 2.37. The Hall–Kier alpha value is -1.39. The number of hydrogen-bond acceptors (Lipinski definition) is 3. The van der Waals surface area contributed by atoms with Gasteiger partial charge in [-0.2, -0.15) is 0 Å². The average molecular weight is 344 g/mol. The Morgan fingerprint density at radius 2 is 1.80 bits per heavy atom. The normalized spacial score (nSPS) is 26.0. The van der Waals surface area contributed by atoms with E-state index in [-0.39, 0.29) is 5.91 Å². The number of ether oxygens (including phenoxy) is 1. The lowest BCUT2D eigenvalue weighted by Gasteiger charge is -2.47. The lowest BCUT2D eigenvalue weighted by atomic mass is 9.89. The minimum Gasteiger partial charge on any atom is -0.380 e. The Labute approximate surface area is 152 Å². The number of carbonyl (C=O) groups excluding carboxylic acids is 1. The van der Waals surface area contributed by atoms with Crippen molar-refractivity contribution in [2.45, 2.75) is 64.1 Å². The van der Waals surface area contributed by atoms with E-state index in [1.165, 1.54) is 17.5 Å². The van der Waals surface area contributed by atoms with E-state index in [1.807, 2.05) is 12.0 Å². The molecule has 4 nitrogen and oxygen atoms in total. The van der Waals surface area contributed by atoms with Crippen molar-refractivity contribution in [1.82, 2.24) is 9.80 Å². The molecule has 2 fully saturated rings. The van der Waals surface area contributed by atoms with Crippen LogP contribution in [0.1, 0.15) is 43.7 Å². The van der Waals surface area contributed by atoms with E-state index in [9.17, 15) is 4.79 Å². The van der Waals surface area contributed by atoms with Crippen molar-refractivity contribution >= 4 is 5.91 Å². The van der Waals surface area contributed by atoms with Gasteiger partial charge in [-0.15, -0.1) is 0 Å². The van der Waals surface area contributed by atoms with Crippen LogP contribution in [0.3, 0.4) is 0 Å². The first kappa shape index (κ1) is 18.4. The topological polar surface area (TPSA) is 32.8 Å². The largest absolute Gasteiger partial charge is 0.380 e. The lowest BCUT2D eigenvalue weighted by Crippen LogP contribution is -2.57. The van der Waals surface area contributed by atoms with Gasteiger partial charge in [0.1, 0.15) is 0 Å². The van der Waals surface area contributed by atoms with E-state index in [1.54, 1.807) is 6.92 Å². The minimum atomic E-state index is 0.211. The third-order valence-corrected chi connectivity index (χ3v) is 6.01. The molecule has 1 aromatic rings. The molecule has 2 heterocycles. The molecule has 1 aromatic carbocycles. The molecule has 1 amide bonds. The van der Waals surface area contributed by atoms with Gasteiger partial charge in [0.15, 0.2) is 0 Å². The van der Waals surface area contributed by atoms with Crippen LogP contribution >= 0.6 is 0 Å². The molecule has 4 heteroatoms. The number of rotatable bonds is 4. The number of methoxy groups -OCH3 is 1. The van der Waals surface area contributed by atoms with Crippen LogP contribution in [0, 0.1) is 6.92 Å². The van der Waals surface area contributed by atoms with Crippen molar-refractivity contribution in [2.24, 2.45) is 0 Å². The fourth-order valence-corrected chi connectivity index (χ4v) is 4.50. The molecule has 2 aliphatic rings. The Kier molecular flexibility index (Phi) is 6.13. The Morgan fingerprint density at radius 3 is 2.40 bits per heavy atom. The fourth-order valence-electron chi connectivity index (χ4n) is 4.50. The second kappa shape index (κ2) is 8.33. The van der Waals surface area contributed by atoms with E-state index < -0.39 is 0 Å². The van der Waals surface area contributed by atoms with E-state index in [0.29, 0.717) is 18.2 Å². The van der Waals surface area contributed by atoms with Gasteiger partial charge in [-0.3, -0.25) is 9.69 Å². The standard InChI is InChI=1S/C21H32N2O2/c1-16-6-8-18(9-7-16)15-20-21(25-3)5-4-12-23(20)19-10-13-22(14-11-19)17(2)24/h6-9,19-21H,4-5,10-15H2,1-3H3/t20-,21-/m0/s1. The van der Waals surface area contributed by atoms with Crippen LogP contribution in [-0.2, 0) is 16.0 Å². The molecule has 138 valence electrons. The molecule has 0 unspecified atom stereocenters. The Balaban J connectivity index is 1.71. The molecule has 3 rings (SSSR count). The van der Waals surface area contributed by atoms with Crippen molar-refractivity contribution in [3.8, 4) is 0 Å². The summed E-state index contributed by atoms with van der Waals surface area (Å²) in [6.07, 6.45) is 5.87. The van der Waals surface area contributed by atoms with Crippen molar-refractivity contribution in [3.05, 3.63) is 35.4 Å². The quantitative estimate of drug-likeness (QED) is 0.842. The number of hydrogen-bond donors (Lipinski definition) is 0. The molecule has 0 saturated carbocycles. The summed E-state index contributed by atoms with van der Waals surface area (Å²) in [4.78, 5) is 16.3. The molecular formula is C21H32N2O2. The number of aryl methyl sites for hydroxylation is 1. The predicted molar refractivity (Wildman–Crippen MR) is 101 cm³/mol. The molecule has 0 aromatic heterocycles. The zero-order valence-electron chi connectivity index (χ0n) is 15.9. The summed E-state index contributed by atoms with van der Waals surface area (Å²) in [5, 5.41) is 0. The number of nitrogens with zero attached hydrogens (tertiary/aromatic N) is 2. The van der Waals surface area contributed by atoms with Crippen molar-refractivity contribution in [3.63, 3.8) is 0 Å². The molecule has 0 radical (unpaired) electrons. The second-order valence-electron chi connectivity index (χ2n) is 7.65. The van der Waals surface area contributed by atoms with Crippen LogP contribution in [0.4, 0.5) is 0 Å². The molecule has 2 saturated heterocycles. The molecule has 25 heavy (non-hydrogen) atoms. The number of carbonyl (C=O) groups is 1. The first-order chi connectivity index (χ1) is 12.1. The first-order valence-electron chi connectivity index (χ1n) is 9.68. The zero-order chi connectivity index (χ0) is 17.8. The number of likely N-dealkylation sites (tertiary alicyclic amines) is 2. The van der Waals surface area contributed by atoms with Crippen LogP contribution < -0.4 is 0 Å². The van der Waals surface area contributed by atoms with E-state index in [2.05, 4.69) is 36.1 Å². The zero-order valence-corrected chi connectivity index (χ0v) is 15.9.